The molecule has 3 amide bonds. The molecule has 2 N–H and O–H groups in total. The molecule has 0 saturated carbocycles. The highest BCUT2D eigenvalue weighted by Gasteiger charge is 2.48. The third-order valence-electron chi connectivity index (χ3n) is 3.44. The average Bonchev–Trinajstić information content (AvgIpc) is 2.53. The van der Waals surface area contributed by atoms with Crippen LogP contribution in [0.1, 0.15) is 6.42 Å². The van der Waals surface area contributed by atoms with Crippen molar-refractivity contribution in [2.75, 3.05) is 26.7 Å². The Hall–Kier alpha value is -1.43. The predicted molar refractivity (Wildman–Crippen MR) is 55.0 cm³/mol. The molecule has 2 heterocycles. The number of carbonyl (C=O) groups excluding carboxylic acids is 3. The van der Waals surface area contributed by atoms with E-state index in [1.165, 1.54) is 11.9 Å². The van der Waals surface area contributed by atoms with Gasteiger partial charge in [0.25, 0.3) is 0 Å². The van der Waals surface area contributed by atoms with Crippen LogP contribution in [-0.2, 0) is 14.4 Å². The molecular weight excluding hydrogens is 210 g/mol. The molecule has 0 unspecified atom stereocenters. The average molecular weight is 225 g/mol. The number of imide groups is 1. The van der Waals surface area contributed by atoms with E-state index in [1.807, 2.05) is 0 Å². The number of piperidine rings is 1. The van der Waals surface area contributed by atoms with Gasteiger partial charge in [-0.05, 0) is 6.42 Å². The summed E-state index contributed by atoms with van der Waals surface area (Å²) in [6.07, 6.45) is 0.561. The zero-order valence-electron chi connectivity index (χ0n) is 9.18. The zero-order chi connectivity index (χ0) is 11.9. The summed E-state index contributed by atoms with van der Waals surface area (Å²) in [6, 6.07) is 0. The SMILES string of the molecule is CN1C(=O)[C@H]2CN(C(=O)CN)CC[C@H]2C1=O. The number of amides is 3. The van der Waals surface area contributed by atoms with E-state index in [0.29, 0.717) is 19.5 Å². The van der Waals surface area contributed by atoms with Crippen LogP contribution in [0.4, 0.5) is 0 Å². The molecule has 2 aliphatic heterocycles. The molecule has 0 radical (unpaired) electrons. The maximum Gasteiger partial charge on any atom is 0.236 e. The lowest BCUT2D eigenvalue weighted by atomic mass is 9.88. The quantitative estimate of drug-likeness (QED) is 0.545. The molecule has 88 valence electrons. The standard InChI is InChI=1S/C10H15N3O3/c1-12-9(15)6-2-3-13(8(14)4-11)5-7(6)10(12)16/h6-7H,2-5,11H2,1H3/t6-,7+/m1/s1. The van der Waals surface area contributed by atoms with Crippen molar-refractivity contribution < 1.29 is 14.4 Å². The molecule has 0 aromatic heterocycles. The van der Waals surface area contributed by atoms with Crippen LogP contribution in [0.15, 0.2) is 0 Å². The molecule has 2 saturated heterocycles. The van der Waals surface area contributed by atoms with Crippen LogP contribution in [-0.4, -0.2) is 54.2 Å². The van der Waals surface area contributed by atoms with Crippen LogP contribution >= 0.6 is 0 Å². The number of nitrogens with zero attached hydrogens (tertiary/aromatic N) is 2. The van der Waals surface area contributed by atoms with Crippen molar-refractivity contribution in [1.29, 1.82) is 0 Å². The fourth-order valence-electron chi connectivity index (χ4n) is 2.46. The number of hydrogen-bond acceptors (Lipinski definition) is 4. The van der Waals surface area contributed by atoms with Gasteiger partial charge in [0.1, 0.15) is 0 Å². The van der Waals surface area contributed by atoms with E-state index in [9.17, 15) is 14.4 Å². The second-order valence-corrected chi connectivity index (χ2v) is 4.28. The smallest absolute Gasteiger partial charge is 0.236 e. The summed E-state index contributed by atoms with van der Waals surface area (Å²) in [5.41, 5.74) is 5.28. The van der Waals surface area contributed by atoms with Crippen LogP contribution in [0.2, 0.25) is 0 Å². The van der Waals surface area contributed by atoms with Gasteiger partial charge in [-0.15, -0.1) is 0 Å². The first kappa shape index (κ1) is 11.1. The minimum absolute atomic E-state index is 0.0463. The number of carbonyl (C=O) groups is 3. The molecule has 6 nitrogen and oxygen atoms in total. The summed E-state index contributed by atoms with van der Waals surface area (Å²) in [6.45, 7) is 0.801. The Labute approximate surface area is 93.4 Å². The van der Waals surface area contributed by atoms with Crippen LogP contribution in [0, 0.1) is 11.8 Å². The molecule has 16 heavy (non-hydrogen) atoms. The van der Waals surface area contributed by atoms with Gasteiger partial charge in [0.15, 0.2) is 0 Å². The number of likely N-dealkylation sites (tertiary alicyclic amines) is 2. The zero-order valence-corrected chi connectivity index (χ0v) is 9.18. The molecule has 0 spiro atoms. The van der Waals surface area contributed by atoms with Crippen molar-refractivity contribution in [2.45, 2.75) is 6.42 Å². The number of fused-ring (bicyclic) bond motifs is 1. The van der Waals surface area contributed by atoms with E-state index in [4.69, 9.17) is 5.73 Å². The molecule has 0 aromatic carbocycles. The van der Waals surface area contributed by atoms with E-state index < -0.39 is 0 Å². The second kappa shape index (κ2) is 3.86. The Morgan fingerprint density at radius 1 is 1.38 bits per heavy atom. The summed E-state index contributed by atoms with van der Waals surface area (Å²) < 4.78 is 0. The van der Waals surface area contributed by atoms with Crippen molar-refractivity contribution in [3.8, 4) is 0 Å². The minimum Gasteiger partial charge on any atom is -0.341 e. The van der Waals surface area contributed by atoms with Crippen LogP contribution in [0.5, 0.6) is 0 Å². The predicted octanol–water partition coefficient (Wildman–Crippen LogP) is -1.59. The highest BCUT2D eigenvalue weighted by molar-refractivity contribution is 6.05. The van der Waals surface area contributed by atoms with Crippen molar-refractivity contribution >= 4 is 17.7 Å². The van der Waals surface area contributed by atoms with Crippen LogP contribution in [0.3, 0.4) is 0 Å². The van der Waals surface area contributed by atoms with E-state index in [-0.39, 0.29) is 36.1 Å². The lowest BCUT2D eigenvalue weighted by Crippen LogP contribution is -2.47. The summed E-state index contributed by atoms with van der Waals surface area (Å²) in [7, 11) is 1.50. The lowest BCUT2D eigenvalue weighted by molar-refractivity contribution is -0.138. The van der Waals surface area contributed by atoms with Gasteiger partial charge in [0.2, 0.25) is 17.7 Å². The Bertz CT molecular complexity index is 355. The molecule has 0 aromatic rings. The van der Waals surface area contributed by atoms with Crippen molar-refractivity contribution in [3.63, 3.8) is 0 Å². The highest BCUT2D eigenvalue weighted by atomic mass is 16.2. The molecular formula is C10H15N3O3. The number of nitrogens with two attached hydrogens (primary N) is 1. The highest BCUT2D eigenvalue weighted by Crippen LogP contribution is 2.32. The Morgan fingerprint density at radius 3 is 2.62 bits per heavy atom. The van der Waals surface area contributed by atoms with E-state index in [0.717, 1.165) is 0 Å². The van der Waals surface area contributed by atoms with Crippen molar-refractivity contribution in [3.05, 3.63) is 0 Å². The summed E-state index contributed by atoms with van der Waals surface area (Å²) in [4.78, 5) is 37.6. The topological polar surface area (TPSA) is 83.7 Å². The first-order chi connectivity index (χ1) is 7.56. The first-order valence-corrected chi connectivity index (χ1v) is 5.35. The molecule has 2 atom stereocenters. The maximum absolute atomic E-state index is 11.7. The van der Waals surface area contributed by atoms with Gasteiger partial charge in [-0.1, -0.05) is 0 Å². The molecule has 2 rings (SSSR count). The molecule has 2 fully saturated rings. The molecule has 0 aliphatic carbocycles. The van der Waals surface area contributed by atoms with Crippen molar-refractivity contribution in [1.82, 2.24) is 9.80 Å². The van der Waals surface area contributed by atoms with Crippen molar-refractivity contribution in [2.24, 2.45) is 17.6 Å². The molecule has 0 bridgehead atoms. The third kappa shape index (κ3) is 1.49. The fourth-order valence-corrected chi connectivity index (χ4v) is 2.46. The van der Waals surface area contributed by atoms with Gasteiger partial charge in [-0.25, -0.2) is 0 Å². The normalized spacial score (nSPS) is 29.6. The summed E-state index contributed by atoms with van der Waals surface area (Å²) in [5, 5.41) is 0. The second-order valence-electron chi connectivity index (χ2n) is 4.28. The monoisotopic (exact) mass is 225 g/mol. The maximum atomic E-state index is 11.7. The molecule has 6 heteroatoms. The van der Waals surface area contributed by atoms with E-state index >= 15 is 0 Å². The minimum atomic E-state index is -0.359. The van der Waals surface area contributed by atoms with Gasteiger partial charge < -0.3 is 10.6 Å². The summed E-state index contributed by atoms with van der Waals surface area (Å²) in [5.74, 6) is -1.05. The van der Waals surface area contributed by atoms with E-state index in [1.54, 1.807) is 4.90 Å². The van der Waals surface area contributed by atoms with Crippen LogP contribution < -0.4 is 5.73 Å². The Morgan fingerprint density at radius 2 is 2.00 bits per heavy atom. The van der Waals surface area contributed by atoms with Gasteiger partial charge in [-0.3, -0.25) is 19.3 Å². The van der Waals surface area contributed by atoms with Gasteiger partial charge in [0.05, 0.1) is 18.4 Å². The van der Waals surface area contributed by atoms with E-state index in [2.05, 4.69) is 0 Å². The number of hydrogen-bond donors (Lipinski definition) is 1. The Balaban J connectivity index is 2.13. The number of rotatable bonds is 1. The summed E-state index contributed by atoms with van der Waals surface area (Å²) >= 11 is 0. The van der Waals surface area contributed by atoms with Gasteiger partial charge in [0, 0.05) is 20.1 Å². The van der Waals surface area contributed by atoms with Crippen LogP contribution in [0.25, 0.3) is 0 Å². The fraction of sp³-hybridized carbons (Fsp3) is 0.700. The molecule has 2 aliphatic rings. The third-order valence-corrected chi connectivity index (χ3v) is 3.44. The van der Waals surface area contributed by atoms with Gasteiger partial charge >= 0.3 is 0 Å². The van der Waals surface area contributed by atoms with Gasteiger partial charge in [-0.2, -0.15) is 0 Å². The Kier molecular flexibility index (Phi) is 2.67. The largest absolute Gasteiger partial charge is 0.341 e. The lowest BCUT2D eigenvalue weighted by Gasteiger charge is -2.32. The first-order valence-electron chi connectivity index (χ1n) is 5.35.